The van der Waals surface area contributed by atoms with Crippen LogP contribution in [0.2, 0.25) is 10.0 Å². The maximum absolute atomic E-state index is 11.4. The summed E-state index contributed by atoms with van der Waals surface area (Å²) in [4.78, 5) is 11.4. The monoisotopic (exact) mass is 275 g/mol. The summed E-state index contributed by atoms with van der Waals surface area (Å²) in [5.74, 6) is -0.0236. The molecule has 0 heterocycles. The van der Waals surface area contributed by atoms with Gasteiger partial charge in [0, 0.05) is 19.6 Å². The second-order valence-electron chi connectivity index (χ2n) is 3.68. The highest BCUT2D eigenvalue weighted by Crippen LogP contribution is 2.23. The molecule has 0 aliphatic heterocycles. The van der Waals surface area contributed by atoms with Crippen LogP contribution < -0.4 is 5.32 Å². The van der Waals surface area contributed by atoms with Crippen LogP contribution >= 0.6 is 23.2 Å². The molecule has 1 aromatic carbocycles. The Hall–Kier alpha value is -0.770. The third-order valence-corrected chi connectivity index (χ3v) is 3.02. The molecular weight excluding hydrogens is 261 g/mol. The van der Waals surface area contributed by atoms with Crippen molar-refractivity contribution in [1.29, 1.82) is 0 Å². The lowest BCUT2D eigenvalue weighted by Crippen LogP contribution is -2.25. The number of hydrogen-bond donors (Lipinski definition) is 2. The van der Waals surface area contributed by atoms with Gasteiger partial charge in [-0.2, -0.15) is 0 Å². The molecule has 0 aliphatic rings. The molecule has 0 saturated heterocycles. The van der Waals surface area contributed by atoms with Gasteiger partial charge in [0.25, 0.3) is 0 Å². The minimum atomic E-state index is -0.0236. The number of aliphatic hydroxyl groups is 1. The molecule has 0 bridgehead atoms. The molecule has 0 atom stereocenters. The van der Waals surface area contributed by atoms with Crippen molar-refractivity contribution in [3.8, 4) is 0 Å². The predicted molar refractivity (Wildman–Crippen MR) is 69.5 cm³/mol. The summed E-state index contributed by atoms with van der Waals surface area (Å²) < 4.78 is 0. The molecule has 5 heteroatoms. The van der Waals surface area contributed by atoms with E-state index in [9.17, 15) is 4.79 Å². The topological polar surface area (TPSA) is 49.3 Å². The average Bonchev–Trinajstić information content (AvgIpc) is 2.31. The predicted octanol–water partition coefficient (Wildman–Crippen LogP) is 2.42. The van der Waals surface area contributed by atoms with E-state index in [0.717, 1.165) is 5.56 Å². The fourth-order valence-electron chi connectivity index (χ4n) is 1.35. The summed E-state index contributed by atoms with van der Waals surface area (Å²) in [5.41, 5.74) is 0.983. The first-order valence-electron chi connectivity index (χ1n) is 5.45. The average molecular weight is 276 g/mol. The van der Waals surface area contributed by atoms with Crippen LogP contribution in [0.15, 0.2) is 18.2 Å². The van der Waals surface area contributed by atoms with Crippen molar-refractivity contribution in [2.24, 2.45) is 0 Å². The van der Waals surface area contributed by atoms with Crippen LogP contribution in [-0.2, 0) is 11.2 Å². The van der Waals surface area contributed by atoms with Crippen LogP contribution in [0.5, 0.6) is 0 Å². The summed E-state index contributed by atoms with van der Waals surface area (Å²) in [6.45, 7) is 0.601. The Balaban J connectivity index is 2.34. The van der Waals surface area contributed by atoms with Gasteiger partial charge in [0.2, 0.25) is 5.91 Å². The number of hydrogen-bond acceptors (Lipinski definition) is 2. The summed E-state index contributed by atoms with van der Waals surface area (Å²) in [5, 5.41) is 12.3. The summed E-state index contributed by atoms with van der Waals surface area (Å²) in [7, 11) is 0. The van der Waals surface area contributed by atoms with Crippen LogP contribution in [0.4, 0.5) is 0 Å². The lowest BCUT2D eigenvalue weighted by atomic mass is 10.1. The highest BCUT2D eigenvalue weighted by atomic mass is 35.5. The number of nitrogens with one attached hydrogen (secondary N) is 1. The van der Waals surface area contributed by atoms with E-state index in [1.54, 1.807) is 12.1 Å². The standard InChI is InChI=1S/C12H15Cl2NO2/c13-10-4-2-9(8-11(10)14)3-5-12(17)15-6-1-7-16/h2,4,8,16H,1,3,5-7H2,(H,15,17). The molecule has 1 rings (SSSR count). The van der Waals surface area contributed by atoms with Crippen LogP contribution in [0.1, 0.15) is 18.4 Å². The molecule has 0 aromatic heterocycles. The maximum Gasteiger partial charge on any atom is 0.220 e. The molecule has 0 spiro atoms. The zero-order valence-electron chi connectivity index (χ0n) is 9.38. The number of rotatable bonds is 6. The fourth-order valence-corrected chi connectivity index (χ4v) is 1.67. The van der Waals surface area contributed by atoms with E-state index < -0.39 is 0 Å². The molecule has 0 aliphatic carbocycles. The fraction of sp³-hybridized carbons (Fsp3) is 0.417. The molecule has 1 aromatic rings. The van der Waals surface area contributed by atoms with Gasteiger partial charge in [-0.1, -0.05) is 29.3 Å². The number of benzene rings is 1. The number of carbonyl (C=O) groups excluding carboxylic acids is 1. The first-order valence-corrected chi connectivity index (χ1v) is 6.20. The van der Waals surface area contributed by atoms with E-state index in [1.165, 1.54) is 0 Å². The van der Waals surface area contributed by atoms with E-state index in [2.05, 4.69) is 5.32 Å². The maximum atomic E-state index is 11.4. The number of aliphatic hydroxyl groups excluding tert-OH is 1. The molecule has 0 unspecified atom stereocenters. The first-order chi connectivity index (χ1) is 8.13. The van der Waals surface area contributed by atoms with Gasteiger partial charge >= 0.3 is 0 Å². The van der Waals surface area contributed by atoms with Gasteiger partial charge in [-0.05, 0) is 30.5 Å². The Morgan fingerprint density at radius 3 is 2.71 bits per heavy atom. The highest BCUT2D eigenvalue weighted by Gasteiger charge is 2.03. The van der Waals surface area contributed by atoms with Gasteiger partial charge in [0.05, 0.1) is 10.0 Å². The second kappa shape index (κ2) is 7.54. The number of aryl methyl sites for hydroxylation is 1. The van der Waals surface area contributed by atoms with Gasteiger partial charge in [-0.15, -0.1) is 0 Å². The largest absolute Gasteiger partial charge is 0.396 e. The van der Waals surface area contributed by atoms with Crippen LogP contribution in [0.3, 0.4) is 0 Å². The van der Waals surface area contributed by atoms with Gasteiger partial charge in [0.15, 0.2) is 0 Å². The van der Waals surface area contributed by atoms with Crippen molar-refractivity contribution < 1.29 is 9.90 Å². The molecular formula is C12H15Cl2NO2. The Morgan fingerprint density at radius 1 is 1.29 bits per heavy atom. The van der Waals surface area contributed by atoms with Gasteiger partial charge < -0.3 is 10.4 Å². The Bertz CT molecular complexity index is 383. The minimum Gasteiger partial charge on any atom is -0.396 e. The molecule has 94 valence electrons. The van der Waals surface area contributed by atoms with Crippen molar-refractivity contribution in [3.05, 3.63) is 33.8 Å². The molecule has 0 fully saturated rings. The quantitative estimate of drug-likeness (QED) is 0.784. The zero-order valence-corrected chi connectivity index (χ0v) is 10.9. The third-order valence-electron chi connectivity index (χ3n) is 2.28. The van der Waals surface area contributed by atoms with E-state index in [4.69, 9.17) is 28.3 Å². The summed E-state index contributed by atoms with van der Waals surface area (Å²) in [6.07, 6.45) is 1.61. The summed E-state index contributed by atoms with van der Waals surface area (Å²) >= 11 is 11.7. The van der Waals surface area contributed by atoms with Crippen molar-refractivity contribution in [3.63, 3.8) is 0 Å². The van der Waals surface area contributed by atoms with Gasteiger partial charge in [-0.25, -0.2) is 0 Å². The van der Waals surface area contributed by atoms with Crippen molar-refractivity contribution in [2.75, 3.05) is 13.2 Å². The van der Waals surface area contributed by atoms with Gasteiger partial charge in [-0.3, -0.25) is 4.79 Å². The Labute approximate surface area is 111 Å². The van der Waals surface area contributed by atoms with E-state index in [1.807, 2.05) is 6.07 Å². The number of amides is 1. The Kier molecular flexibility index (Phi) is 6.34. The Morgan fingerprint density at radius 2 is 2.06 bits per heavy atom. The lowest BCUT2D eigenvalue weighted by Gasteiger charge is -2.05. The highest BCUT2D eigenvalue weighted by molar-refractivity contribution is 6.42. The van der Waals surface area contributed by atoms with Crippen LogP contribution in [0, 0.1) is 0 Å². The molecule has 2 N–H and O–H groups in total. The number of halogens is 2. The summed E-state index contributed by atoms with van der Waals surface area (Å²) in [6, 6.07) is 5.35. The molecule has 0 radical (unpaired) electrons. The van der Waals surface area contributed by atoms with Crippen LogP contribution in [0.25, 0.3) is 0 Å². The third kappa shape index (κ3) is 5.39. The normalized spacial score (nSPS) is 10.3. The SMILES string of the molecule is O=C(CCc1ccc(Cl)c(Cl)c1)NCCCO. The molecule has 1 amide bonds. The van der Waals surface area contributed by atoms with Crippen molar-refractivity contribution in [1.82, 2.24) is 5.32 Å². The van der Waals surface area contributed by atoms with Crippen LogP contribution in [-0.4, -0.2) is 24.2 Å². The first kappa shape index (κ1) is 14.3. The molecule has 3 nitrogen and oxygen atoms in total. The van der Waals surface area contributed by atoms with E-state index in [0.29, 0.717) is 35.9 Å². The molecule has 17 heavy (non-hydrogen) atoms. The van der Waals surface area contributed by atoms with Crippen molar-refractivity contribution >= 4 is 29.1 Å². The number of carbonyl (C=O) groups is 1. The van der Waals surface area contributed by atoms with E-state index >= 15 is 0 Å². The second-order valence-corrected chi connectivity index (χ2v) is 4.49. The zero-order chi connectivity index (χ0) is 12.7. The smallest absolute Gasteiger partial charge is 0.220 e. The van der Waals surface area contributed by atoms with E-state index in [-0.39, 0.29) is 12.5 Å². The minimum absolute atomic E-state index is 0.0236. The lowest BCUT2D eigenvalue weighted by molar-refractivity contribution is -0.121. The van der Waals surface area contributed by atoms with Crippen molar-refractivity contribution in [2.45, 2.75) is 19.3 Å². The van der Waals surface area contributed by atoms with Gasteiger partial charge in [0.1, 0.15) is 0 Å². The molecule has 0 saturated carbocycles.